The number of amides is 1. The smallest absolute Gasteiger partial charge is 0.238 e. The minimum absolute atomic E-state index is 0.0727. The zero-order valence-corrected chi connectivity index (χ0v) is 12.5. The number of carbonyl (C=O) groups excluding carboxylic acids is 1. The highest BCUT2D eigenvalue weighted by Crippen LogP contribution is 2.13. The van der Waals surface area contributed by atoms with Crippen LogP contribution in [0.25, 0.3) is 0 Å². The predicted molar refractivity (Wildman–Crippen MR) is 82.9 cm³/mol. The molecule has 0 atom stereocenters. The van der Waals surface area contributed by atoms with E-state index in [0.717, 1.165) is 38.3 Å². The van der Waals surface area contributed by atoms with Crippen LogP contribution in [0.2, 0.25) is 0 Å². The van der Waals surface area contributed by atoms with Crippen LogP contribution in [0.3, 0.4) is 0 Å². The van der Waals surface area contributed by atoms with Crippen molar-refractivity contribution in [2.45, 2.75) is 20.3 Å². The highest BCUT2D eigenvalue weighted by atomic mass is 16.2. The van der Waals surface area contributed by atoms with Crippen LogP contribution in [0, 0.1) is 5.92 Å². The number of carbonyl (C=O) groups is 1. The third-order valence-electron chi connectivity index (χ3n) is 3.46. The first-order valence-corrected chi connectivity index (χ1v) is 7.45. The van der Waals surface area contributed by atoms with Crippen LogP contribution in [0.15, 0.2) is 24.3 Å². The summed E-state index contributed by atoms with van der Waals surface area (Å²) in [7, 11) is 0. The second-order valence-corrected chi connectivity index (χ2v) is 5.87. The second-order valence-electron chi connectivity index (χ2n) is 5.87. The van der Waals surface area contributed by atoms with Gasteiger partial charge in [0.25, 0.3) is 0 Å². The Balaban J connectivity index is 1.81. The average molecular weight is 275 g/mol. The van der Waals surface area contributed by atoms with E-state index in [2.05, 4.69) is 41.5 Å². The average Bonchev–Trinajstić information content (AvgIpc) is 2.41. The topological polar surface area (TPSA) is 44.4 Å². The Morgan fingerprint density at radius 2 is 1.90 bits per heavy atom. The van der Waals surface area contributed by atoms with Gasteiger partial charge in [0.1, 0.15) is 0 Å². The first-order valence-electron chi connectivity index (χ1n) is 7.45. The van der Waals surface area contributed by atoms with E-state index in [1.165, 1.54) is 5.56 Å². The van der Waals surface area contributed by atoms with Gasteiger partial charge in [-0.1, -0.05) is 26.0 Å². The fraction of sp³-hybridized carbons (Fsp3) is 0.562. The molecule has 0 aromatic heterocycles. The molecule has 2 rings (SSSR count). The molecular formula is C16H25N3O. The summed E-state index contributed by atoms with van der Waals surface area (Å²) in [6, 6.07) is 8.18. The molecule has 1 aromatic carbocycles. The molecule has 0 aliphatic carbocycles. The van der Waals surface area contributed by atoms with E-state index in [9.17, 15) is 4.79 Å². The summed E-state index contributed by atoms with van der Waals surface area (Å²) in [4.78, 5) is 14.1. The summed E-state index contributed by atoms with van der Waals surface area (Å²) < 4.78 is 0. The fourth-order valence-corrected chi connectivity index (χ4v) is 2.47. The Labute approximate surface area is 121 Å². The van der Waals surface area contributed by atoms with E-state index in [0.29, 0.717) is 12.5 Å². The maximum atomic E-state index is 12.0. The molecule has 0 radical (unpaired) electrons. The van der Waals surface area contributed by atoms with Crippen molar-refractivity contribution in [3.05, 3.63) is 29.8 Å². The summed E-state index contributed by atoms with van der Waals surface area (Å²) in [6.07, 6.45) is 1.08. The van der Waals surface area contributed by atoms with Gasteiger partial charge in [-0.15, -0.1) is 0 Å². The van der Waals surface area contributed by atoms with Crippen molar-refractivity contribution in [3.63, 3.8) is 0 Å². The van der Waals surface area contributed by atoms with Crippen LogP contribution in [0.5, 0.6) is 0 Å². The lowest BCUT2D eigenvalue weighted by molar-refractivity contribution is -0.117. The molecule has 1 aliphatic rings. The Hall–Kier alpha value is -1.39. The number of nitrogens with one attached hydrogen (secondary N) is 2. The molecule has 0 unspecified atom stereocenters. The second kappa shape index (κ2) is 7.41. The Kier molecular flexibility index (Phi) is 5.56. The van der Waals surface area contributed by atoms with E-state index in [-0.39, 0.29) is 5.91 Å². The van der Waals surface area contributed by atoms with Crippen LogP contribution in [0.4, 0.5) is 5.69 Å². The third-order valence-corrected chi connectivity index (χ3v) is 3.46. The summed E-state index contributed by atoms with van der Waals surface area (Å²) >= 11 is 0. The van der Waals surface area contributed by atoms with Gasteiger partial charge >= 0.3 is 0 Å². The van der Waals surface area contributed by atoms with Gasteiger partial charge < -0.3 is 10.6 Å². The molecule has 0 bridgehead atoms. The maximum absolute atomic E-state index is 12.0. The summed E-state index contributed by atoms with van der Waals surface area (Å²) in [6.45, 7) is 8.73. The lowest BCUT2D eigenvalue weighted by atomic mass is 10.0. The van der Waals surface area contributed by atoms with E-state index < -0.39 is 0 Å². The van der Waals surface area contributed by atoms with E-state index in [4.69, 9.17) is 0 Å². The predicted octanol–water partition coefficient (Wildman–Crippen LogP) is 1.73. The zero-order valence-electron chi connectivity index (χ0n) is 12.5. The van der Waals surface area contributed by atoms with Crippen LogP contribution >= 0.6 is 0 Å². The van der Waals surface area contributed by atoms with Gasteiger partial charge in [0, 0.05) is 31.9 Å². The third kappa shape index (κ3) is 4.94. The Morgan fingerprint density at radius 1 is 1.25 bits per heavy atom. The lowest BCUT2D eigenvalue weighted by Gasteiger charge is -2.26. The number of hydrogen-bond acceptors (Lipinski definition) is 3. The van der Waals surface area contributed by atoms with Crippen LogP contribution in [0.1, 0.15) is 19.4 Å². The number of anilines is 1. The quantitative estimate of drug-likeness (QED) is 0.860. The first-order chi connectivity index (χ1) is 9.63. The summed E-state index contributed by atoms with van der Waals surface area (Å²) in [5.74, 6) is 0.728. The number of hydrogen-bond donors (Lipinski definition) is 2. The number of piperazine rings is 1. The van der Waals surface area contributed by atoms with Crippen LogP contribution in [-0.2, 0) is 11.2 Å². The van der Waals surface area contributed by atoms with Gasteiger partial charge in [0.2, 0.25) is 5.91 Å². The standard InChI is InChI=1S/C16H25N3O/c1-13(2)11-14-3-5-15(6-4-14)18-16(20)12-19-9-7-17-8-10-19/h3-6,13,17H,7-12H2,1-2H3,(H,18,20). The molecule has 2 N–H and O–H groups in total. The van der Waals surface area contributed by atoms with Crippen molar-refractivity contribution in [1.82, 2.24) is 10.2 Å². The van der Waals surface area contributed by atoms with Gasteiger partial charge in [-0.2, -0.15) is 0 Å². The van der Waals surface area contributed by atoms with Gasteiger partial charge in [-0.25, -0.2) is 0 Å². The van der Waals surface area contributed by atoms with E-state index in [1.54, 1.807) is 0 Å². The van der Waals surface area contributed by atoms with E-state index in [1.807, 2.05) is 12.1 Å². The molecule has 0 spiro atoms. The number of nitrogens with zero attached hydrogens (tertiary/aromatic N) is 1. The van der Waals surface area contributed by atoms with Gasteiger partial charge in [0.15, 0.2) is 0 Å². The summed E-state index contributed by atoms with van der Waals surface area (Å²) in [5.41, 5.74) is 2.21. The van der Waals surface area contributed by atoms with Gasteiger partial charge in [-0.3, -0.25) is 9.69 Å². The minimum atomic E-state index is 0.0727. The number of benzene rings is 1. The van der Waals surface area contributed by atoms with Crippen molar-refractivity contribution in [1.29, 1.82) is 0 Å². The molecule has 4 nitrogen and oxygen atoms in total. The largest absolute Gasteiger partial charge is 0.325 e. The summed E-state index contributed by atoms with van der Waals surface area (Å²) in [5, 5.41) is 6.25. The molecule has 1 saturated heterocycles. The molecule has 1 heterocycles. The maximum Gasteiger partial charge on any atom is 0.238 e. The molecule has 1 aliphatic heterocycles. The molecule has 1 amide bonds. The van der Waals surface area contributed by atoms with Crippen LogP contribution in [-0.4, -0.2) is 43.5 Å². The van der Waals surface area contributed by atoms with Gasteiger partial charge in [0.05, 0.1) is 6.54 Å². The normalized spacial score (nSPS) is 16.4. The molecule has 0 saturated carbocycles. The fourth-order valence-electron chi connectivity index (χ4n) is 2.47. The molecule has 1 aromatic rings. The van der Waals surface area contributed by atoms with Crippen molar-refractivity contribution in [2.75, 3.05) is 38.0 Å². The number of rotatable bonds is 5. The van der Waals surface area contributed by atoms with Crippen molar-refractivity contribution < 1.29 is 4.79 Å². The zero-order chi connectivity index (χ0) is 14.4. The lowest BCUT2D eigenvalue weighted by Crippen LogP contribution is -2.46. The minimum Gasteiger partial charge on any atom is -0.325 e. The molecule has 20 heavy (non-hydrogen) atoms. The van der Waals surface area contributed by atoms with Gasteiger partial charge in [-0.05, 0) is 30.0 Å². The van der Waals surface area contributed by atoms with Crippen molar-refractivity contribution in [2.24, 2.45) is 5.92 Å². The molecule has 1 fully saturated rings. The highest BCUT2D eigenvalue weighted by molar-refractivity contribution is 5.92. The van der Waals surface area contributed by atoms with E-state index >= 15 is 0 Å². The SMILES string of the molecule is CC(C)Cc1ccc(NC(=O)CN2CCNCC2)cc1. The molecule has 110 valence electrons. The Bertz CT molecular complexity index is 422. The first kappa shape index (κ1) is 15.0. The van der Waals surface area contributed by atoms with Crippen molar-refractivity contribution in [3.8, 4) is 0 Å². The van der Waals surface area contributed by atoms with Crippen LogP contribution < -0.4 is 10.6 Å². The van der Waals surface area contributed by atoms with Crippen molar-refractivity contribution >= 4 is 11.6 Å². The highest BCUT2D eigenvalue weighted by Gasteiger charge is 2.13. The molecule has 4 heteroatoms. The monoisotopic (exact) mass is 275 g/mol. The Morgan fingerprint density at radius 3 is 2.50 bits per heavy atom. The molecular weight excluding hydrogens is 250 g/mol.